The molecule has 1 aromatic heterocycles. The van der Waals surface area contributed by atoms with Crippen LogP contribution in [0.5, 0.6) is 0 Å². The number of nitrogens with zero attached hydrogens (tertiary/aromatic N) is 2. The number of benzene rings is 11. The van der Waals surface area contributed by atoms with Crippen molar-refractivity contribution in [3.8, 4) is 39.1 Å². The first-order valence-electron chi connectivity index (χ1n) is 24.4. The van der Waals surface area contributed by atoms with Crippen LogP contribution in [0.15, 0.2) is 267 Å². The lowest BCUT2D eigenvalue weighted by Gasteiger charge is -2.39. The molecule has 0 amide bonds. The maximum Gasteiger partial charge on any atom is 0.0754 e. The number of aromatic nitrogens is 1. The predicted octanol–water partition coefficient (Wildman–Crippen LogP) is 17.0. The summed E-state index contributed by atoms with van der Waals surface area (Å²) in [6.07, 6.45) is 0. The van der Waals surface area contributed by atoms with Gasteiger partial charge in [-0.1, -0.05) is 218 Å². The minimum Gasteiger partial charge on any atom is -0.310 e. The van der Waals surface area contributed by atoms with Crippen LogP contribution in [0.25, 0.3) is 60.9 Å². The van der Waals surface area contributed by atoms with E-state index >= 15 is 0 Å². The van der Waals surface area contributed by atoms with Crippen LogP contribution in [0.4, 0.5) is 17.1 Å². The summed E-state index contributed by atoms with van der Waals surface area (Å²) in [7, 11) is 0. The summed E-state index contributed by atoms with van der Waals surface area (Å²) < 4.78 is 2.52. The van der Waals surface area contributed by atoms with E-state index in [1.165, 1.54) is 105 Å². The van der Waals surface area contributed by atoms with Crippen molar-refractivity contribution in [1.82, 2.24) is 4.57 Å². The molecule has 15 rings (SSSR count). The average Bonchev–Trinajstić information content (AvgIpc) is 4.05. The Balaban J connectivity index is 0.989. The number of rotatable bonds is 6. The van der Waals surface area contributed by atoms with E-state index in [0.717, 1.165) is 17.1 Å². The Hall–Kier alpha value is -8.98. The van der Waals surface area contributed by atoms with Crippen molar-refractivity contribution < 1.29 is 0 Å². The fourth-order valence-corrected chi connectivity index (χ4v) is 13.1. The van der Waals surface area contributed by atoms with Crippen LogP contribution in [0.1, 0.15) is 44.5 Å². The monoisotopic (exact) mass is 888 g/mol. The van der Waals surface area contributed by atoms with E-state index in [9.17, 15) is 0 Å². The number of fused-ring (bicyclic) bond motifs is 15. The first-order valence-corrected chi connectivity index (χ1v) is 24.4. The molecule has 0 fully saturated rings. The van der Waals surface area contributed by atoms with Gasteiger partial charge in [0.1, 0.15) is 0 Å². The van der Waals surface area contributed by atoms with Crippen molar-refractivity contribution in [3.05, 3.63) is 311 Å². The van der Waals surface area contributed by atoms with Gasteiger partial charge in [0.15, 0.2) is 0 Å². The number of hydrogen-bond acceptors (Lipinski definition) is 1. The molecule has 70 heavy (non-hydrogen) atoms. The van der Waals surface area contributed by atoms with Gasteiger partial charge in [0, 0.05) is 27.8 Å². The summed E-state index contributed by atoms with van der Waals surface area (Å²) in [4.78, 5) is 2.49. The summed E-state index contributed by atoms with van der Waals surface area (Å²) in [5, 5.41) is 2.57. The largest absolute Gasteiger partial charge is 0.310 e. The van der Waals surface area contributed by atoms with Crippen LogP contribution in [-0.2, 0) is 10.8 Å². The van der Waals surface area contributed by atoms with E-state index in [1.807, 2.05) is 0 Å². The molecular weight excluding hydrogens is 845 g/mol. The summed E-state index contributed by atoms with van der Waals surface area (Å²) >= 11 is 0. The SMILES string of the molecule is c1ccc(-c2ccc(N(c3ccc4c(c3)-c3ccccc3C43c4ccccc4-n4c5ccccc5c5cccc3c54)c3ccc4c(c3)C(c3ccccc3)(c3ccccc3)c3ccccc3-4)cc2)cc1. The van der Waals surface area contributed by atoms with Gasteiger partial charge in [-0.25, -0.2) is 0 Å². The molecule has 3 aliphatic rings. The molecule has 0 N–H and O–H groups in total. The topological polar surface area (TPSA) is 8.17 Å². The van der Waals surface area contributed by atoms with Crippen LogP contribution in [0, 0.1) is 0 Å². The van der Waals surface area contributed by atoms with Gasteiger partial charge >= 0.3 is 0 Å². The summed E-state index contributed by atoms with van der Waals surface area (Å²) in [6.45, 7) is 0. The zero-order valence-electron chi connectivity index (χ0n) is 38.3. The first-order chi connectivity index (χ1) is 34.7. The van der Waals surface area contributed by atoms with Gasteiger partial charge in [0.25, 0.3) is 0 Å². The lowest BCUT2D eigenvalue weighted by molar-refractivity contribution is 0.748. The van der Waals surface area contributed by atoms with Crippen molar-refractivity contribution in [2.24, 2.45) is 0 Å². The van der Waals surface area contributed by atoms with E-state index in [4.69, 9.17) is 0 Å². The number of para-hydroxylation sites is 3. The van der Waals surface area contributed by atoms with Gasteiger partial charge in [-0.2, -0.15) is 0 Å². The molecule has 1 unspecified atom stereocenters. The Morgan fingerprint density at radius 1 is 0.286 bits per heavy atom. The van der Waals surface area contributed by atoms with Gasteiger partial charge in [-0.05, 0) is 126 Å². The summed E-state index contributed by atoms with van der Waals surface area (Å²) in [5.41, 5.74) is 23.8. The Kier molecular flexibility index (Phi) is 8.24. The second-order valence-electron chi connectivity index (χ2n) is 19.1. The molecule has 2 heterocycles. The van der Waals surface area contributed by atoms with E-state index < -0.39 is 10.8 Å². The third-order valence-corrected chi connectivity index (χ3v) is 15.9. The standard InChI is InChI=1S/C68H44N2/c1-4-19-45(20-5-1)46-35-37-49(38-36-46)69(51-39-41-54-52-25-10-13-29-58(52)67(63(54)44-51,47-21-6-2-7-22-47)48-23-8-3-9-24-48)50-40-42-60-57(43-50)53-26-11-14-30-59(53)68(60)61-31-15-17-34-65(61)70-64-33-16-12-27-55(64)56-28-18-32-62(68)66(56)70/h1-44H. The molecule has 1 spiro atoms. The molecule has 1 atom stereocenters. The number of hydrogen-bond donors (Lipinski definition) is 0. The molecule has 2 heteroatoms. The highest BCUT2D eigenvalue weighted by atomic mass is 15.1. The molecule has 12 aromatic rings. The maximum atomic E-state index is 2.52. The van der Waals surface area contributed by atoms with Crippen molar-refractivity contribution >= 4 is 38.9 Å². The normalized spacial score (nSPS) is 15.3. The molecule has 326 valence electrons. The fourth-order valence-electron chi connectivity index (χ4n) is 13.1. The Labute approximate surface area is 407 Å². The first kappa shape index (κ1) is 39.1. The Morgan fingerprint density at radius 3 is 1.53 bits per heavy atom. The molecule has 11 aromatic carbocycles. The smallest absolute Gasteiger partial charge is 0.0754 e. The minimum atomic E-state index is -0.533. The second-order valence-corrected chi connectivity index (χ2v) is 19.1. The molecule has 1 aliphatic heterocycles. The van der Waals surface area contributed by atoms with Gasteiger partial charge < -0.3 is 9.47 Å². The average molecular weight is 889 g/mol. The lowest BCUT2D eigenvalue weighted by atomic mass is 9.65. The zero-order chi connectivity index (χ0) is 46.0. The minimum absolute atomic E-state index is 0.530. The van der Waals surface area contributed by atoms with Gasteiger partial charge in [-0.3, -0.25) is 0 Å². The predicted molar refractivity (Wildman–Crippen MR) is 289 cm³/mol. The fraction of sp³-hybridized carbons (Fsp3) is 0.0294. The van der Waals surface area contributed by atoms with E-state index in [0.29, 0.717) is 0 Å². The van der Waals surface area contributed by atoms with Crippen LogP contribution in [0.2, 0.25) is 0 Å². The van der Waals surface area contributed by atoms with Crippen molar-refractivity contribution in [2.75, 3.05) is 4.90 Å². The lowest BCUT2D eigenvalue weighted by Crippen LogP contribution is -2.33. The van der Waals surface area contributed by atoms with Crippen LogP contribution < -0.4 is 4.90 Å². The summed E-state index contributed by atoms with van der Waals surface area (Å²) in [6, 6.07) is 99.8. The molecule has 0 bridgehead atoms. The van der Waals surface area contributed by atoms with Gasteiger partial charge in [0.2, 0.25) is 0 Å². The third kappa shape index (κ3) is 5.12. The van der Waals surface area contributed by atoms with Crippen LogP contribution >= 0.6 is 0 Å². The van der Waals surface area contributed by atoms with Gasteiger partial charge in [-0.15, -0.1) is 0 Å². The maximum absolute atomic E-state index is 2.52. The van der Waals surface area contributed by atoms with E-state index in [1.54, 1.807) is 0 Å². The molecule has 0 saturated carbocycles. The highest BCUT2D eigenvalue weighted by Crippen LogP contribution is 2.62. The molecule has 0 saturated heterocycles. The molecular formula is C68H44N2. The zero-order valence-corrected chi connectivity index (χ0v) is 38.3. The highest BCUT2D eigenvalue weighted by Gasteiger charge is 2.51. The second kappa shape index (κ2) is 14.8. The number of anilines is 3. The quantitative estimate of drug-likeness (QED) is 0.161. The molecule has 0 radical (unpaired) electrons. The van der Waals surface area contributed by atoms with Crippen molar-refractivity contribution in [2.45, 2.75) is 10.8 Å². The Bertz CT molecular complexity index is 4010. The van der Waals surface area contributed by atoms with Crippen LogP contribution in [-0.4, -0.2) is 4.57 Å². The van der Waals surface area contributed by atoms with Crippen LogP contribution in [0.3, 0.4) is 0 Å². The molecule has 2 nitrogen and oxygen atoms in total. The van der Waals surface area contributed by atoms with E-state index in [-0.39, 0.29) is 0 Å². The highest BCUT2D eigenvalue weighted by molar-refractivity contribution is 6.13. The summed E-state index contributed by atoms with van der Waals surface area (Å²) in [5.74, 6) is 0. The van der Waals surface area contributed by atoms with E-state index in [2.05, 4.69) is 276 Å². The molecule has 2 aliphatic carbocycles. The van der Waals surface area contributed by atoms with Crippen molar-refractivity contribution in [1.29, 1.82) is 0 Å². The third-order valence-electron chi connectivity index (χ3n) is 15.9. The van der Waals surface area contributed by atoms with Crippen molar-refractivity contribution in [3.63, 3.8) is 0 Å². The van der Waals surface area contributed by atoms with Gasteiger partial charge in [0.05, 0.1) is 27.6 Å². The Morgan fingerprint density at radius 2 is 0.786 bits per heavy atom.